The number of hydrogen-bond donors (Lipinski definition) is 0. The van der Waals surface area contributed by atoms with Crippen molar-refractivity contribution in [3.63, 3.8) is 0 Å². The molecule has 0 unspecified atom stereocenters. The lowest BCUT2D eigenvalue weighted by molar-refractivity contribution is -0.138. The number of aryl methyl sites for hydroxylation is 1. The van der Waals surface area contributed by atoms with Gasteiger partial charge in [-0.25, -0.2) is 4.39 Å². The first-order valence-electron chi connectivity index (χ1n) is 9.12. The summed E-state index contributed by atoms with van der Waals surface area (Å²) >= 11 is 0. The number of amides is 1. The molecule has 138 valence electrons. The van der Waals surface area contributed by atoms with Gasteiger partial charge in [-0.2, -0.15) is 0 Å². The van der Waals surface area contributed by atoms with E-state index >= 15 is 0 Å². The van der Waals surface area contributed by atoms with Gasteiger partial charge < -0.3 is 14.5 Å². The molecule has 0 bridgehead atoms. The van der Waals surface area contributed by atoms with Crippen molar-refractivity contribution in [2.24, 2.45) is 0 Å². The number of halogens is 1. The van der Waals surface area contributed by atoms with E-state index in [-0.39, 0.29) is 11.7 Å². The van der Waals surface area contributed by atoms with Crippen molar-refractivity contribution in [1.29, 1.82) is 0 Å². The Morgan fingerprint density at radius 1 is 1.08 bits per heavy atom. The van der Waals surface area contributed by atoms with Crippen LogP contribution >= 0.6 is 0 Å². The highest BCUT2D eigenvalue weighted by Crippen LogP contribution is 2.21. The number of piperazine rings is 1. The summed E-state index contributed by atoms with van der Waals surface area (Å²) in [6, 6.07) is 14.3. The minimum absolute atomic E-state index is 0.00895. The third-order valence-corrected chi connectivity index (χ3v) is 4.79. The predicted octanol–water partition coefficient (Wildman–Crippen LogP) is 3.50. The molecule has 2 aromatic carbocycles. The fourth-order valence-electron chi connectivity index (χ4n) is 3.25. The van der Waals surface area contributed by atoms with Crippen molar-refractivity contribution in [3.8, 4) is 5.75 Å². The average molecular weight is 356 g/mol. The summed E-state index contributed by atoms with van der Waals surface area (Å²) < 4.78 is 19.0. The molecular formula is C21H25FN2O2. The predicted molar refractivity (Wildman–Crippen MR) is 101 cm³/mol. The van der Waals surface area contributed by atoms with Gasteiger partial charge in [0.05, 0.1) is 0 Å². The standard InChI is InChI=1S/C21H25FN2O2/c1-3-17-6-4-5-7-20(17)26-16(2)21(25)24-14-12-23(13-15-24)19-10-8-18(22)9-11-19/h4-11,16H,3,12-15H2,1-2H3/t16-/m1/s1. The summed E-state index contributed by atoms with van der Waals surface area (Å²) in [5, 5.41) is 0. The molecule has 1 aliphatic heterocycles. The Kier molecular flexibility index (Phi) is 5.76. The van der Waals surface area contributed by atoms with Gasteiger partial charge >= 0.3 is 0 Å². The van der Waals surface area contributed by atoms with Gasteiger partial charge in [-0.05, 0) is 49.2 Å². The molecule has 1 fully saturated rings. The topological polar surface area (TPSA) is 32.8 Å². The van der Waals surface area contributed by atoms with Crippen molar-refractivity contribution in [1.82, 2.24) is 4.90 Å². The Hall–Kier alpha value is -2.56. The van der Waals surface area contributed by atoms with Crippen LogP contribution in [0.15, 0.2) is 48.5 Å². The zero-order valence-electron chi connectivity index (χ0n) is 15.3. The Morgan fingerprint density at radius 2 is 1.73 bits per heavy atom. The summed E-state index contributed by atoms with van der Waals surface area (Å²) in [4.78, 5) is 16.7. The molecule has 0 radical (unpaired) electrons. The zero-order chi connectivity index (χ0) is 18.5. The molecule has 2 aromatic rings. The maximum atomic E-state index is 13.1. The van der Waals surface area contributed by atoms with Gasteiger partial charge in [-0.15, -0.1) is 0 Å². The fourth-order valence-corrected chi connectivity index (χ4v) is 3.25. The normalized spacial score (nSPS) is 15.7. The van der Waals surface area contributed by atoms with Gasteiger partial charge in [0.15, 0.2) is 6.10 Å². The molecule has 3 rings (SSSR count). The molecule has 1 amide bonds. The quantitative estimate of drug-likeness (QED) is 0.822. The first kappa shape index (κ1) is 18.2. The lowest BCUT2D eigenvalue weighted by atomic mass is 10.1. The molecule has 1 saturated heterocycles. The van der Waals surface area contributed by atoms with Crippen molar-refractivity contribution in [2.45, 2.75) is 26.4 Å². The second kappa shape index (κ2) is 8.21. The molecular weight excluding hydrogens is 331 g/mol. The van der Waals surface area contributed by atoms with Gasteiger partial charge in [0.2, 0.25) is 0 Å². The molecule has 4 nitrogen and oxygen atoms in total. The van der Waals surface area contributed by atoms with Crippen LogP contribution in [0, 0.1) is 5.82 Å². The van der Waals surface area contributed by atoms with Crippen molar-refractivity contribution in [3.05, 3.63) is 59.9 Å². The number of hydrogen-bond acceptors (Lipinski definition) is 3. The largest absolute Gasteiger partial charge is 0.481 e. The van der Waals surface area contributed by atoms with Crippen LogP contribution in [-0.4, -0.2) is 43.1 Å². The number of ether oxygens (including phenoxy) is 1. The highest BCUT2D eigenvalue weighted by Gasteiger charge is 2.26. The van der Waals surface area contributed by atoms with Crippen molar-refractivity contribution < 1.29 is 13.9 Å². The van der Waals surface area contributed by atoms with Gasteiger partial charge in [-0.1, -0.05) is 25.1 Å². The van der Waals surface area contributed by atoms with Gasteiger partial charge in [0.1, 0.15) is 11.6 Å². The van der Waals surface area contributed by atoms with E-state index in [0.717, 1.165) is 36.5 Å². The van der Waals surface area contributed by atoms with Crippen LogP contribution in [0.1, 0.15) is 19.4 Å². The van der Waals surface area contributed by atoms with E-state index in [1.807, 2.05) is 29.2 Å². The third kappa shape index (κ3) is 4.15. The van der Waals surface area contributed by atoms with Crippen LogP contribution in [0.5, 0.6) is 5.75 Å². The number of benzene rings is 2. The summed E-state index contributed by atoms with van der Waals surface area (Å²) in [7, 11) is 0. The third-order valence-electron chi connectivity index (χ3n) is 4.79. The van der Waals surface area contributed by atoms with Crippen LogP contribution in [0.4, 0.5) is 10.1 Å². The molecule has 26 heavy (non-hydrogen) atoms. The van der Waals surface area contributed by atoms with E-state index in [1.54, 1.807) is 19.1 Å². The smallest absolute Gasteiger partial charge is 0.263 e. The molecule has 1 atom stereocenters. The van der Waals surface area contributed by atoms with E-state index in [9.17, 15) is 9.18 Å². The van der Waals surface area contributed by atoms with Crippen molar-refractivity contribution >= 4 is 11.6 Å². The number of nitrogens with zero attached hydrogens (tertiary/aromatic N) is 2. The average Bonchev–Trinajstić information content (AvgIpc) is 2.68. The Labute approximate surface area is 154 Å². The van der Waals surface area contributed by atoms with E-state index in [1.165, 1.54) is 12.1 Å². The van der Waals surface area contributed by atoms with Crippen LogP contribution in [0.25, 0.3) is 0 Å². The van der Waals surface area contributed by atoms with Crippen LogP contribution in [0.2, 0.25) is 0 Å². The molecule has 0 aromatic heterocycles. The van der Waals surface area contributed by atoms with Crippen LogP contribution < -0.4 is 9.64 Å². The Morgan fingerprint density at radius 3 is 2.38 bits per heavy atom. The molecule has 0 saturated carbocycles. The fraction of sp³-hybridized carbons (Fsp3) is 0.381. The maximum absolute atomic E-state index is 13.1. The molecule has 5 heteroatoms. The van der Waals surface area contributed by atoms with Gasteiger partial charge in [-0.3, -0.25) is 4.79 Å². The van der Waals surface area contributed by atoms with Crippen molar-refractivity contribution in [2.75, 3.05) is 31.1 Å². The number of carbonyl (C=O) groups is 1. The first-order chi connectivity index (χ1) is 12.6. The zero-order valence-corrected chi connectivity index (χ0v) is 15.3. The van der Waals surface area contributed by atoms with E-state index in [0.29, 0.717) is 13.1 Å². The van der Waals surface area contributed by atoms with Gasteiger partial charge in [0.25, 0.3) is 5.91 Å². The first-order valence-corrected chi connectivity index (χ1v) is 9.12. The Bertz CT molecular complexity index is 740. The van der Waals surface area contributed by atoms with Crippen LogP contribution in [0.3, 0.4) is 0 Å². The molecule has 1 heterocycles. The molecule has 0 N–H and O–H groups in total. The second-order valence-corrected chi connectivity index (χ2v) is 6.51. The number of carbonyl (C=O) groups excluding carboxylic acids is 1. The maximum Gasteiger partial charge on any atom is 0.263 e. The Balaban J connectivity index is 1.56. The number of para-hydroxylation sites is 1. The SMILES string of the molecule is CCc1ccccc1O[C@H](C)C(=O)N1CCN(c2ccc(F)cc2)CC1. The van der Waals surface area contributed by atoms with Gasteiger partial charge in [0, 0.05) is 31.9 Å². The monoisotopic (exact) mass is 356 g/mol. The highest BCUT2D eigenvalue weighted by molar-refractivity contribution is 5.81. The lowest BCUT2D eigenvalue weighted by Gasteiger charge is -2.37. The van der Waals surface area contributed by atoms with E-state index in [4.69, 9.17) is 4.74 Å². The molecule has 0 aliphatic carbocycles. The van der Waals surface area contributed by atoms with Crippen LogP contribution in [-0.2, 0) is 11.2 Å². The second-order valence-electron chi connectivity index (χ2n) is 6.51. The van der Waals surface area contributed by atoms with E-state index < -0.39 is 6.10 Å². The number of anilines is 1. The summed E-state index contributed by atoms with van der Waals surface area (Å²) in [5.74, 6) is 0.552. The summed E-state index contributed by atoms with van der Waals surface area (Å²) in [6.45, 7) is 6.62. The highest BCUT2D eigenvalue weighted by atomic mass is 19.1. The summed E-state index contributed by atoms with van der Waals surface area (Å²) in [6.07, 6.45) is 0.355. The summed E-state index contributed by atoms with van der Waals surface area (Å²) in [5.41, 5.74) is 2.09. The number of rotatable bonds is 5. The molecule has 0 spiro atoms. The minimum Gasteiger partial charge on any atom is -0.481 e. The lowest BCUT2D eigenvalue weighted by Crippen LogP contribution is -2.52. The minimum atomic E-state index is -0.514. The van der Waals surface area contributed by atoms with E-state index in [2.05, 4.69) is 11.8 Å². The molecule has 1 aliphatic rings.